The Hall–Kier alpha value is -1.75. The number of ether oxygens (including phenoxy) is 1. The highest BCUT2D eigenvalue weighted by molar-refractivity contribution is 6.30. The number of nitrogens with zero attached hydrogens (tertiary/aromatic N) is 2. The average molecular weight is 361 g/mol. The van der Waals surface area contributed by atoms with Crippen LogP contribution in [0.4, 0.5) is 0 Å². The standard InChI is InChI=1S/C20H25ClN2O2/c21-18-7-5-17(6-8-18)16-23-12-10-22(11-13-23)9-2-14-25-20-4-1-3-19(24)15-20/h1,3-8,15,24H,2,9-14,16H2. The maximum Gasteiger partial charge on any atom is 0.122 e. The van der Waals surface area contributed by atoms with Gasteiger partial charge in [-0.1, -0.05) is 29.8 Å². The number of aromatic hydroxyl groups is 1. The zero-order valence-electron chi connectivity index (χ0n) is 14.4. The fraction of sp³-hybridized carbons (Fsp3) is 0.400. The van der Waals surface area contributed by atoms with Crippen LogP contribution < -0.4 is 4.74 Å². The minimum atomic E-state index is 0.245. The summed E-state index contributed by atoms with van der Waals surface area (Å²) in [7, 11) is 0. The van der Waals surface area contributed by atoms with Crippen LogP contribution in [0.5, 0.6) is 11.5 Å². The van der Waals surface area contributed by atoms with E-state index in [-0.39, 0.29) is 5.75 Å². The van der Waals surface area contributed by atoms with Gasteiger partial charge in [-0.2, -0.15) is 0 Å². The minimum absolute atomic E-state index is 0.245. The second-order valence-corrected chi connectivity index (χ2v) is 6.88. The van der Waals surface area contributed by atoms with E-state index in [0.717, 1.165) is 56.5 Å². The maximum atomic E-state index is 9.42. The summed E-state index contributed by atoms with van der Waals surface area (Å²) in [6, 6.07) is 15.1. The SMILES string of the molecule is Oc1cccc(OCCCN2CCN(Cc3ccc(Cl)cc3)CC2)c1. The molecule has 4 nitrogen and oxygen atoms in total. The van der Waals surface area contributed by atoms with Gasteiger partial charge < -0.3 is 14.7 Å². The highest BCUT2D eigenvalue weighted by Gasteiger charge is 2.16. The third kappa shape index (κ3) is 5.92. The van der Waals surface area contributed by atoms with E-state index in [9.17, 15) is 5.11 Å². The van der Waals surface area contributed by atoms with E-state index in [1.54, 1.807) is 18.2 Å². The highest BCUT2D eigenvalue weighted by atomic mass is 35.5. The molecule has 1 aliphatic heterocycles. The molecule has 0 aliphatic carbocycles. The Morgan fingerprint density at radius 2 is 1.68 bits per heavy atom. The van der Waals surface area contributed by atoms with E-state index >= 15 is 0 Å². The molecule has 1 fully saturated rings. The molecule has 1 saturated heterocycles. The fourth-order valence-corrected chi connectivity index (χ4v) is 3.20. The summed E-state index contributed by atoms with van der Waals surface area (Å²) >= 11 is 5.94. The van der Waals surface area contributed by atoms with Crippen LogP contribution in [0.25, 0.3) is 0 Å². The molecule has 1 aliphatic rings. The largest absolute Gasteiger partial charge is 0.508 e. The normalized spacial score (nSPS) is 16.0. The highest BCUT2D eigenvalue weighted by Crippen LogP contribution is 2.18. The molecule has 0 radical (unpaired) electrons. The Kier molecular flexibility index (Phi) is 6.56. The van der Waals surface area contributed by atoms with Gasteiger partial charge in [0.05, 0.1) is 6.61 Å². The third-order valence-electron chi connectivity index (χ3n) is 4.49. The van der Waals surface area contributed by atoms with Crippen LogP contribution in [-0.4, -0.2) is 54.2 Å². The van der Waals surface area contributed by atoms with Crippen molar-refractivity contribution in [2.24, 2.45) is 0 Å². The summed E-state index contributed by atoms with van der Waals surface area (Å²) in [5.74, 6) is 0.974. The Morgan fingerprint density at radius 1 is 0.960 bits per heavy atom. The first-order valence-corrected chi connectivity index (χ1v) is 9.18. The zero-order chi connectivity index (χ0) is 17.5. The van der Waals surface area contributed by atoms with Gasteiger partial charge >= 0.3 is 0 Å². The number of hydrogen-bond acceptors (Lipinski definition) is 4. The van der Waals surface area contributed by atoms with Gasteiger partial charge in [0.25, 0.3) is 0 Å². The smallest absolute Gasteiger partial charge is 0.122 e. The lowest BCUT2D eigenvalue weighted by atomic mass is 10.2. The molecule has 0 amide bonds. The average Bonchev–Trinajstić information content (AvgIpc) is 2.62. The van der Waals surface area contributed by atoms with Crippen LogP contribution in [0.1, 0.15) is 12.0 Å². The van der Waals surface area contributed by atoms with Crippen molar-refractivity contribution in [2.75, 3.05) is 39.3 Å². The predicted octanol–water partition coefficient (Wildman–Crippen LogP) is 3.63. The van der Waals surface area contributed by atoms with Gasteiger partial charge in [-0.3, -0.25) is 4.90 Å². The molecule has 0 aromatic heterocycles. The van der Waals surface area contributed by atoms with E-state index in [2.05, 4.69) is 21.9 Å². The Bertz CT molecular complexity index is 655. The lowest BCUT2D eigenvalue weighted by Crippen LogP contribution is -2.46. The minimum Gasteiger partial charge on any atom is -0.508 e. The first-order valence-electron chi connectivity index (χ1n) is 8.80. The summed E-state index contributed by atoms with van der Waals surface area (Å²) in [6.45, 7) is 7.10. The molecule has 25 heavy (non-hydrogen) atoms. The summed E-state index contributed by atoms with van der Waals surface area (Å²) < 4.78 is 5.68. The quantitative estimate of drug-likeness (QED) is 0.765. The van der Waals surface area contributed by atoms with Gasteiger partial charge in [-0.05, 0) is 36.2 Å². The molecular formula is C20H25ClN2O2. The third-order valence-corrected chi connectivity index (χ3v) is 4.74. The Balaban J connectivity index is 1.32. The number of benzene rings is 2. The molecule has 3 rings (SSSR count). The molecule has 1 N–H and O–H groups in total. The van der Waals surface area contributed by atoms with E-state index < -0.39 is 0 Å². The lowest BCUT2D eigenvalue weighted by Gasteiger charge is -2.34. The second kappa shape index (κ2) is 9.09. The van der Waals surface area contributed by atoms with E-state index in [4.69, 9.17) is 16.3 Å². The summed E-state index contributed by atoms with van der Waals surface area (Å²) in [6.07, 6.45) is 0.993. The molecule has 5 heteroatoms. The van der Waals surface area contributed by atoms with Gasteiger partial charge in [0.15, 0.2) is 0 Å². The Labute approximate surface area is 154 Å². The van der Waals surface area contributed by atoms with Crippen LogP contribution in [-0.2, 0) is 6.54 Å². The van der Waals surface area contributed by atoms with Crippen molar-refractivity contribution < 1.29 is 9.84 Å². The van der Waals surface area contributed by atoms with Crippen LogP contribution in [0.15, 0.2) is 48.5 Å². The monoisotopic (exact) mass is 360 g/mol. The number of hydrogen-bond donors (Lipinski definition) is 1. The topological polar surface area (TPSA) is 35.9 Å². The van der Waals surface area contributed by atoms with Crippen molar-refractivity contribution in [3.8, 4) is 11.5 Å². The first kappa shape index (κ1) is 18.1. The molecule has 2 aromatic carbocycles. The molecule has 1 heterocycles. The van der Waals surface area contributed by atoms with Crippen LogP contribution in [0.3, 0.4) is 0 Å². The van der Waals surface area contributed by atoms with E-state index in [0.29, 0.717) is 6.61 Å². The van der Waals surface area contributed by atoms with Crippen molar-refractivity contribution >= 4 is 11.6 Å². The second-order valence-electron chi connectivity index (χ2n) is 6.44. The summed E-state index contributed by atoms with van der Waals surface area (Å²) in [4.78, 5) is 4.98. The number of rotatable bonds is 7. The van der Waals surface area contributed by atoms with Gasteiger partial charge in [0.1, 0.15) is 11.5 Å². The maximum absolute atomic E-state index is 9.42. The number of phenols is 1. The molecule has 0 unspecified atom stereocenters. The first-order chi connectivity index (χ1) is 12.2. The number of halogens is 1. The molecule has 0 spiro atoms. The van der Waals surface area contributed by atoms with Crippen molar-refractivity contribution in [1.82, 2.24) is 9.80 Å². The molecular weight excluding hydrogens is 336 g/mol. The molecule has 2 aromatic rings. The van der Waals surface area contributed by atoms with Gasteiger partial charge in [0, 0.05) is 50.4 Å². The van der Waals surface area contributed by atoms with Crippen molar-refractivity contribution in [3.63, 3.8) is 0 Å². The van der Waals surface area contributed by atoms with E-state index in [1.165, 1.54) is 5.56 Å². The number of phenolic OH excluding ortho intramolecular Hbond substituents is 1. The van der Waals surface area contributed by atoms with Crippen molar-refractivity contribution in [2.45, 2.75) is 13.0 Å². The van der Waals surface area contributed by atoms with Crippen LogP contribution in [0, 0.1) is 0 Å². The molecule has 0 atom stereocenters. The van der Waals surface area contributed by atoms with E-state index in [1.807, 2.05) is 18.2 Å². The number of piperazine rings is 1. The van der Waals surface area contributed by atoms with Crippen molar-refractivity contribution in [1.29, 1.82) is 0 Å². The lowest BCUT2D eigenvalue weighted by molar-refractivity contribution is 0.121. The van der Waals surface area contributed by atoms with Crippen molar-refractivity contribution in [3.05, 3.63) is 59.1 Å². The van der Waals surface area contributed by atoms with Gasteiger partial charge in [0.2, 0.25) is 0 Å². The Morgan fingerprint density at radius 3 is 2.40 bits per heavy atom. The fourth-order valence-electron chi connectivity index (χ4n) is 3.07. The summed E-state index contributed by atoms with van der Waals surface area (Å²) in [5, 5.41) is 10.2. The summed E-state index contributed by atoms with van der Waals surface area (Å²) in [5.41, 5.74) is 1.32. The van der Waals surface area contributed by atoms with Crippen LogP contribution >= 0.6 is 11.6 Å². The van der Waals surface area contributed by atoms with Gasteiger partial charge in [-0.15, -0.1) is 0 Å². The zero-order valence-corrected chi connectivity index (χ0v) is 15.2. The predicted molar refractivity (Wildman–Crippen MR) is 101 cm³/mol. The molecule has 0 bridgehead atoms. The van der Waals surface area contributed by atoms with Gasteiger partial charge in [-0.25, -0.2) is 0 Å². The molecule has 134 valence electrons. The molecule has 0 saturated carbocycles. The van der Waals surface area contributed by atoms with Crippen LogP contribution in [0.2, 0.25) is 5.02 Å².